The highest BCUT2D eigenvalue weighted by molar-refractivity contribution is 5.75. The first kappa shape index (κ1) is 19.5. The number of nitrogens with zero attached hydrogens (tertiary/aromatic N) is 1. The number of ether oxygens (including phenoxy) is 2. The fourth-order valence-electron chi connectivity index (χ4n) is 4.11. The molecule has 0 aliphatic carbocycles. The third kappa shape index (κ3) is 4.00. The van der Waals surface area contributed by atoms with Gasteiger partial charge in [0.05, 0.1) is 24.3 Å². The molecule has 0 radical (unpaired) electrons. The summed E-state index contributed by atoms with van der Waals surface area (Å²) in [5.74, 6) is -0.352. The lowest BCUT2D eigenvalue weighted by molar-refractivity contribution is -0.274. The summed E-state index contributed by atoms with van der Waals surface area (Å²) in [6.45, 7) is 1.07. The third-order valence-corrected chi connectivity index (χ3v) is 5.32. The summed E-state index contributed by atoms with van der Waals surface area (Å²) in [6, 6.07) is 15.6. The number of nitrogens with one attached hydrogen (secondary N) is 1. The predicted molar refractivity (Wildman–Crippen MR) is 101 cm³/mol. The van der Waals surface area contributed by atoms with Crippen LogP contribution in [0.5, 0.6) is 5.75 Å². The minimum absolute atomic E-state index is 0.0740. The molecule has 0 unspecified atom stereocenters. The summed E-state index contributed by atoms with van der Waals surface area (Å²) in [4.78, 5) is 0. The van der Waals surface area contributed by atoms with Gasteiger partial charge in [-0.25, -0.2) is 0 Å². The van der Waals surface area contributed by atoms with Crippen LogP contribution in [0.15, 0.2) is 54.6 Å². The number of halogens is 3. The molecule has 29 heavy (non-hydrogen) atoms. The Morgan fingerprint density at radius 2 is 1.97 bits per heavy atom. The quantitative estimate of drug-likeness (QED) is 0.809. The smallest absolute Gasteiger partial charge is 0.406 e. The van der Waals surface area contributed by atoms with E-state index in [0.29, 0.717) is 11.1 Å². The van der Waals surface area contributed by atoms with Crippen LogP contribution in [0.4, 0.5) is 13.2 Å². The topological polar surface area (TPSA) is 54.3 Å². The van der Waals surface area contributed by atoms with E-state index in [9.17, 15) is 18.4 Å². The summed E-state index contributed by atoms with van der Waals surface area (Å²) in [5.41, 5.74) is 1.86. The fraction of sp³-hybridized carbons (Fsp3) is 0.318. The summed E-state index contributed by atoms with van der Waals surface area (Å²) in [6.07, 6.45) is -1.14. The SMILES string of the molecule is N#Cc1ccc(OC(F)(F)F)cc1C1=C[C@@]2(CCCN[C@H]2c2ccccc2)OC1. The Kier molecular flexibility index (Phi) is 5.07. The second-order valence-corrected chi connectivity index (χ2v) is 7.18. The van der Waals surface area contributed by atoms with Gasteiger partial charge in [0.15, 0.2) is 0 Å². The van der Waals surface area contributed by atoms with Gasteiger partial charge in [-0.2, -0.15) is 5.26 Å². The number of nitriles is 1. The second-order valence-electron chi connectivity index (χ2n) is 7.18. The summed E-state index contributed by atoms with van der Waals surface area (Å²) in [7, 11) is 0. The van der Waals surface area contributed by atoms with Crippen molar-refractivity contribution in [2.24, 2.45) is 0 Å². The van der Waals surface area contributed by atoms with Crippen molar-refractivity contribution in [1.82, 2.24) is 5.32 Å². The second kappa shape index (κ2) is 7.54. The molecule has 0 aromatic heterocycles. The molecule has 4 nitrogen and oxygen atoms in total. The maximum absolute atomic E-state index is 12.6. The molecule has 2 aliphatic rings. The Bertz CT molecular complexity index is 966. The first-order valence-electron chi connectivity index (χ1n) is 9.34. The van der Waals surface area contributed by atoms with Crippen molar-refractivity contribution in [3.8, 4) is 11.8 Å². The van der Waals surface area contributed by atoms with Crippen molar-refractivity contribution >= 4 is 5.57 Å². The van der Waals surface area contributed by atoms with E-state index in [1.54, 1.807) is 0 Å². The molecule has 7 heteroatoms. The van der Waals surface area contributed by atoms with Crippen LogP contribution in [0.2, 0.25) is 0 Å². The van der Waals surface area contributed by atoms with E-state index in [1.807, 2.05) is 42.5 Å². The van der Waals surface area contributed by atoms with Crippen LogP contribution in [0.25, 0.3) is 5.57 Å². The summed E-state index contributed by atoms with van der Waals surface area (Å²) in [5, 5.41) is 12.9. The van der Waals surface area contributed by atoms with E-state index >= 15 is 0 Å². The van der Waals surface area contributed by atoms with Crippen molar-refractivity contribution in [2.75, 3.05) is 13.2 Å². The fourth-order valence-corrected chi connectivity index (χ4v) is 4.11. The van der Waals surface area contributed by atoms with Gasteiger partial charge in [-0.15, -0.1) is 13.2 Å². The van der Waals surface area contributed by atoms with Gasteiger partial charge >= 0.3 is 6.36 Å². The molecule has 0 saturated carbocycles. The molecule has 1 fully saturated rings. The Labute approximate surface area is 166 Å². The summed E-state index contributed by atoms with van der Waals surface area (Å²) < 4.78 is 48.1. The van der Waals surface area contributed by atoms with Gasteiger partial charge in [0, 0.05) is 5.56 Å². The lowest BCUT2D eigenvalue weighted by atomic mass is 9.81. The van der Waals surface area contributed by atoms with Crippen LogP contribution in [-0.4, -0.2) is 25.1 Å². The van der Waals surface area contributed by atoms with E-state index in [1.165, 1.54) is 12.1 Å². The maximum Gasteiger partial charge on any atom is 0.573 e. The van der Waals surface area contributed by atoms with Gasteiger partial charge in [-0.1, -0.05) is 30.3 Å². The average Bonchev–Trinajstić information content (AvgIpc) is 3.12. The highest BCUT2D eigenvalue weighted by Crippen LogP contribution is 2.44. The van der Waals surface area contributed by atoms with Gasteiger partial charge in [0.25, 0.3) is 0 Å². The normalized spacial score (nSPS) is 24.2. The molecule has 150 valence electrons. The zero-order valence-corrected chi connectivity index (χ0v) is 15.5. The lowest BCUT2D eigenvalue weighted by Crippen LogP contribution is -2.47. The number of benzene rings is 2. The van der Waals surface area contributed by atoms with Crippen molar-refractivity contribution in [3.05, 3.63) is 71.3 Å². The van der Waals surface area contributed by atoms with E-state index < -0.39 is 12.0 Å². The van der Waals surface area contributed by atoms with Crippen LogP contribution >= 0.6 is 0 Å². The molecule has 4 rings (SSSR count). The molecule has 0 amide bonds. The lowest BCUT2D eigenvalue weighted by Gasteiger charge is -2.40. The van der Waals surface area contributed by atoms with Crippen molar-refractivity contribution in [3.63, 3.8) is 0 Å². The van der Waals surface area contributed by atoms with E-state index in [4.69, 9.17) is 4.74 Å². The van der Waals surface area contributed by atoms with Crippen LogP contribution in [0.1, 0.15) is 35.6 Å². The van der Waals surface area contributed by atoms with Crippen LogP contribution in [0.3, 0.4) is 0 Å². The largest absolute Gasteiger partial charge is 0.573 e. The molecule has 1 saturated heterocycles. The zero-order valence-electron chi connectivity index (χ0n) is 15.5. The molecule has 2 heterocycles. The van der Waals surface area contributed by atoms with Crippen molar-refractivity contribution in [1.29, 1.82) is 5.26 Å². The molecule has 2 aromatic carbocycles. The third-order valence-electron chi connectivity index (χ3n) is 5.32. The van der Waals surface area contributed by atoms with Gasteiger partial charge < -0.3 is 14.8 Å². The molecule has 2 aliphatic heterocycles. The average molecular weight is 400 g/mol. The Morgan fingerprint density at radius 3 is 2.69 bits per heavy atom. The van der Waals surface area contributed by atoms with Gasteiger partial charge in [0.2, 0.25) is 0 Å². The van der Waals surface area contributed by atoms with Crippen LogP contribution in [0, 0.1) is 11.3 Å². The van der Waals surface area contributed by atoms with E-state index in [0.717, 1.165) is 31.0 Å². The molecule has 1 N–H and O–H groups in total. The standard InChI is InChI=1S/C22H19F3N2O2/c23-22(24,25)29-18-8-7-16(13-26)19(11-18)17-12-21(28-14-17)9-4-10-27-20(21)15-5-2-1-3-6-15/h1-3,5-8,11-12,20,27H,4,9-10,14H2/t20-,21+/m0/s1. The Morgan fingerprint density at radius 1 is 1.17 bits per heavy atom. The first-order chi connectivity index (χ1) is 13.9. The minimum Gasteiger partial charge on any atom is -0.406 e. The molecular formula is C22H19F3N2O2. The van der Waals surface area contributed by atoms with Crippen LogP contribution < -0.4 is 10.1 Å². The minimum atomic E-state index is -4.79. The number of piperidine rings is 1. The Hall–Kier alpha value is -2.82. The van der Waals surface area contributed by atoms with E-state index in [-0.39, 0.29) is 24.0 Å². The first-order valence-corrected chi connectivity index (χ1v) is 9.34. The number of hydrogen-bond donors (Lipinski definition) is 1. The highest BCUT2D eigenvalue weighted by atomic mass is 19.4. The summed E-state index contributed by atoms with van der Waals surface area (Å²) >= 11 is 0. The predicted octanol–water partition coefficient (Wildman–Crippen LogP) is 4.73. The molecular weight excluding hydrogens is 381 g/mol. The van der Waals surface area contributed by atoms with Gasteiger partial charge in [-0.05, 0) is 54.8 Å². The molecule has 1 spiro atoms. The monoisotopic (exact) mass is 400 g/mol. The van der Waals surface area contributed by atoms with Crippen molar-refractivity contribution in [2.45, 2.75) is 30.8 Å². The number of hydrogen-bond acceptors (Lipinski definition) is 4. The highest BCUT2D eigenvalue weighted by Gasteiger charge is 2.44. The molecule has 2 aromatic rings. The maximum atomic E-state index is 12.6. The van der Waals surface area contributed by atoms with Crippen molar-refractivity contribution < 1.29 is 22.6 Å². The zero-order chi connectivity index (χ0) is 20.5. The Balaban J connectivity index is 1.72. The van der Waals surface area contributed by atoms with Crippen LogP contribution in [-0.2, 0) is 4.74 Å². The van der Waals surface area contributed by atoms with Gasteiger partial charge in [0.1, 0.15) is 11.4 Å². The number of alkyl halides is 3. The van der Waals surface area contributed by atoms with Gasteiger partial charge in [-0.3, -0.25) is 0 Å². The van der Waals surface area contributed by atoms with E-state index in [2.05, 4.69) is 10.1 Å². The molecule has 0 bridgehead atoms. The molecule has 2 atom stereocenters. The number of rotatable bonds is 3.